The molecule has 0 unspecified atom stereocenters. The van der Waals surface area contributed by atoms with E-state index < -0.39 is 10.0 Å². The quantitative estimate of drug-likeness (QED) is 0.666. The highest BCUT2D eigenvalue weighted by atomic mass is 32.2. The van der Waals surface area contributed by atoms with Crippen molar-refractivity contribution >= 4 is 21.8 Å². The van der Waals surface area contributed by atoms with Crippen molar-refractivity contribution in [2.24, 2.45) is 5.92 Å². The van der Waals surface area contributed by atoms with Crippen LogP contribution in [0.2, 0.25) is 0 Å². The third-order valence-electron chi connectivity index (χ3n) is 3.74. The second-order valence-corrected chi connectivity index (χ2v) is 7.99. The Morgan fingerprint density at radius 1 is 1.14 bits per heavy atom. The van der Waals surface area contributed by atoms with E-state index in [1.165, 1.54) is 4.31 Å². The molecule has 22 heavy (non-hydrogen) atoms. The smallest absolute Gasteiger partial charge is 0.222 e. The van der Waals surface area contributed by atoms with E-state index in [9.17, 15) is 18.0 Å². The average Bonchev–Trinajstić information content (AvgIpc) is 2.51. The number of sulfonamides is 1. The summed E-state index contributed by atoms with van der Waals surface area (Å²) in [5, 5.41) is 2.78. The van der Waals surface area contributed by atoms with Crippen molar-refractivity contribution < 1.29 is 18.0 Å². The van der Waals surface area contributed by atoms with Crippen LogP contribution in [-0.4, -0.2) is 67.9 Å². The predicted molar refractivity (Wildman–Crippen MR) is 84.7 cm³/mol. The van der Waals surface area contributed by atoms with Gasteiger partial charge in [0, 0.05) is 45.1 Å². The van der Waals surface area contributed by atoms with Crippen molar-refractivity contribution in [3.05, 3.63) is 0 Å². The number of nitrogens with one attached hydrogen (secondary N) is 1. The molecule has 1 fully saturated rings. The molecule has 2 amide bonds. The molecule has 0 aromatic carbocycles. The van der Waals surface area contributed by atoms with Crippen LogP contribution in [-0.2, 0) is 19.6 Å². The molecule has 1 rings (SSSR count). The summed E-state index contributed by atoms with van der Waals surface area (Å²) < 4.78 is 24.9. The van der Waals surface area contributed by atoms with Gasteiger partial charge in [-0.2, -0.15) is 4.31 Å². The summed E-state index contributed by atoms with van der Waals surface area (Å²) >= 11 is 0. The van der Waals surface area contributed by atoms with Gasteiger partial charge in [-0.25, -0.2) is 8.42 Å². The molecule has 7 nitrogen and oxygen atoms in total. The Labute approximate surface area is 133 Å². The SMILES string of the molecule is CCS(=O)(=O)N1CCN(C(=O)CCCNC(=O)C(C)C)CC1. The molecule has 0 aromatic heterocycles. The van der Waals surface area contributed by atoms with Crippen LogP contribution < -0.4 is 5.32 Å². The van der Waals surface area contributed by atoms with Crippen molar-refractivity contribution in [1.29, 1.82) is 0 Å². The molecule has 0 radical (unpaired) electrons. The van der Waals surface area contributed by atoms with E-state index in [2.05, 4.69) is 5.32 Å². The van der Waals surface area contributed by atoms with E-state index in [1.807, 2.05) is 13.8 Å². The predicted octanol–water partition coefficient (Wildman–Crippen LogP) is 0.0327. The first-order valence-corrected chi connectivity index (χ1v) is 9.42. The Hall–Kier alpha value is -1.15. The highest BCUT2D eigenvalue weighted by Gasteiger charge is 2.27. The van der Waals surface area contributed by atoms with Crippen molar-refractivity contribution in [3.8, 4) is 0 Å². The molecule has 1 saturated heterocycles. The number of piperazine rings is 1. The van der Waals surface area contributed by atoms with Gasteiger partial charge in [0.2, 0.25) is 21.8 Å². The minimum Gasteiger partial charge on any atom is -0.356 e. The number of nitrogens with zero attached hydrogens (tertiary/aromatic N) is 2. The van der Waals surface area contributed by atoms with Crippen LogP contribution in [0.1, 0.15) is 33.6 Å². The molecule has 8 heteroatoms. The van der Waals surface area contributed by atoms with E-state index in [0.717, 1.165) is 0 Å². The molecule has 0 bridgehead atoms. The molecule has 0 aromatic rings. The molecule has 1 N–H and O–H groups in total. The Morgan fingerprint density at radius 2 is 1.73 bits per heavy atom. The summed E-state index contributed by atoms with van der Waals surface area (Å²) in [5.74, 6) is 0.0544. The van der Waals surface area contributed by atoms with E-state index in [4.69, 9.17) is 0 Å². The van der Waals surface area contributed by atoms with Gasteiger partial charge in [-0.1, -0.05) is 13.8 Å². The third-order valence-corrected chi connectivity index (χ3v) is 5.62. The summed E-state index contributed by atoms with van der Waals surface area (Å²) in [4.78, 5) is 25.1. The zero-order valence-corrected chi connectivity index (χ0v) is 14.5. The van der Waals surface area contributed by atoms with Crippen molar-refractivity contribution in [2.45, 2.75) is 33.6 Å². The normalized spacial score (nSPS) is 16.8. The first-order chi connectivity index (χ1) is 10.3. The van der Waals surface area contributed by atoms with E-state index >= 15 is 0 Å². The highest BCUT2D eigenvalue weighted by molar-refractivity contribution is 7.89. The van der Waals surface area contributed by atoms with Crippen molar-refractivity contribution in [2.75, 3.05) is 38.5 Å². The molecule has 0 spiro atoms. The number of carbonyl (C=O) groups excluding carboxylic acids is 2. The number of rotatable bonds is 7. The second-order valence-electron chi connectivity index (χ2n) is 5.73. The summed E-state index contributed by atoms with van der Waals surface area (Å²) in [6.07, 6.45) is 0.976. The fraction of sp³-hybridized carbons (Fsp3) is 0.857. The van der Waals surface area contributed by atoms with Gasteiger partial charge >= 0.3 is 0 Å². The Bertz CT molecular complexity index is 482. The van der Waals surface area contributed by atoms with Crippen LogP contribution in [0, 0.1) is 5.92 Å². The summed E-state index contributed by atoms with van der Waals surface area (Å²) in [6, 6.07) is 0. The number of carbonyl (C=O) groups is 2. The minimum absolute atomic E-state index is 0.00849. The topological polar surface area (TPSA) is 86.8 Å². The lowest BCUT2D eigenvalue weighted by molar-refractivity contribution is -0.132. The molecule has 0 aliphatic carbocycles. The Balaban J connectivity index is 2.27. The third kappa shape index (κ3) is 5.57. The minimum atomic E-state index is -3.16. The van der Waals surface area contributed by atoms with Crippen LogP contribution >= 0.6 is 0 Å². The van der Waals surface area contributed by atoms with Crippen molar-refractivity contribution in [3.63, 3.8) is 0 Å². The van der Waals surface area contributed by atoms with Gasteiger partial charge in [0.25, 0.3) is 0 Å². The van der Waals surface area contributed by atoms with Crippen LogP contribution in [0.15, 0.2) is 0 Å². The van der Waals surface area contributed by atoms with Gasteiger partial charge in [0.1, 0.15) is 0 Å². The molecule has 1 aliphatic heterocycles. The molecule has 0 atom stereocenters. The average molecular weight is 333 g/mol. The lowest BCUT2D eigenvalue weighted by Gasteiger charge is -2.33. The summed E-state index contributed by atoms with van der Waals surface area (Å²) in [7, 11) is -3.16. The monoisotopic (exact) mass is 333 g/mol. The maximum Gasteiger partial charge on any atom is 0.222 e. The molecular formula is C14H27N3O4S. The molecule has 1 heterocycles. The van der Waals surface area contributed by atoms with Gasteiger partial charge in [-0.05, 0) is 13.3 Å². The number of hydrogen-bond donors (Lipinski definition) is 1. The van der Waals surface area contributed by atoms with Crippen LogP contribution in [0.5, 0.6) is 0 Å². The molecule has 0 saturated carbocycles. The maximum absolute atomic E-state index is 12.0. The number of amides is 2. The van der Waals surface area contributed by atoms with E-state index in [-0.39, 0.29) is 23.5 Å². The first-order valence-electron chi connectivity index (χ1n) is 7.81. The molecule has 128 valence electrons. The maximum atomic E-state index is 12.0. The zero-order valence-electron chi connectivity index (χ0n) is 13.7. The van der Waals surface area contributed by atoms with Gasteiger partial charge in [-0.15, -0.1) is 0 Å². The van der Waals surface area contributed by atoms with E-state index in [1.54, 1.807) is 11.8 Å². The highest BCUT2D eigenvalue weighted by Crippen LogP contribution is 2.09. The second kappa shape index (κ2) is 8.47. The van der Waals surface area contributed by atoms with Crippen LogP contribution in [0.4, 0.5) is 0 Å². The lowest BCUT2D eigenvalue weighted by atomic mass is 10.2. The molecular weight excluding hydrogens is 306 g/mol. The van der Waals surface area contributed by atoms with Gasteiger partial charge in [-0.3, -0.25) is 9.59 Å². The standard InChI is InChI=1S/C14H27N3O4S/c1-4-22(20,21)17-10-8-16(9-11-17)13(18)6-5-7-15-14(19)12(2)3/h12H,4-11H2,1-3H3,(H,15,19). The summed E-state index contributed by atoms with van der Waals surface area (Å²) in [5.41, 5.74) is 0. The zero-order chi connectivity index (χ0) is 16.8. The van der Waals surface area contributed by atoms with E-state index in [0.29, 0.717) is 45.6 Å². The number of hydrogen-bond acceptors (Lipinski definition) is 4. The lowest BCUT2D eigenvalue weighted by Crippen LogP contribution is -2.50. The van der Waals surface area contributed by atoms with Gasteiger partial charge in [0.05, 0.1) is 5.75 Å². The van der Waals surface area contributed by atoms with Crippen molar-refractivity contribution in [1.82, 2.24) is 14.5 Å². The Kier molecular flexibility index (Phi) is 7.28. The molecule has 1 aliphatic rings. The Morgan fingerprint density at radius 3 is 2.23 bits per heavy atom. The van der Waals surface area contributed by atoms with Gasteiger partial charge < -0.3 is 10.2 Å². The van der Waals surface area contributed by atoms with Crippen LogP contribution in [0.3, 0.4) is 0 Å². The fourth-order valence-electron chi connectivity index (χ4n) is 2.21. The van der Waals surface area contributed by atoms with Gasteiger partial charge in [0.15, 0.2) is 0 Å². The fourth-order valence-corrected chi connectivity index (χ4v) is 3.30. The largest absolute Gasteiger partial charge is 0.356 e. The summed E-state index contributed by atoms with van der Waals surface area (Å²) in [6.45, 7) is 7.38. The first kappa shape index (κ1) is 18.9. The van der Waals surface area contributed by atoms with Crippen LogP contribution in [0.25, 0.3) is 0 Å².